The third-order valence-corrected chi connectivity index (χ3v) is 5.26. The Morgan fingerprint density at radius 3 is 1.87 bits per heavy atom. The summed E-state index contributed by atoms with van der Waals surface area (Å²) in [5, 5.41) is 0. The second kappa shape index (κ2) is 10.8. The lowest BCUT2D eigenvalue weighted by Crippen LogP contribution is -2.00. The minimum Gasteiger partial charge on any atom is -0.282 e. The van der Waals surface area contributed by atoms with Crippen molar-refractivity contribution in [2.45, 2.75) is 89.4 Å². The van der Waals surface area contributed by atoms with Crippen molar-refractivity contribution >= 4 is 10.1 Å². The molecular formula is C19H32O3S. The molecule has 3 nitrogen and oxygen atoms in total. The minimum atomic E-state index is -4.09. The molecule has 0 amide bonds. The van der Waals surface area contributed by atoms with E-state index in [1.54, 1.807) is 6.07 Å². The molecule has 132 valence electrons. The molecule has 0 heterocycles. The Balaban J connectivity index is 2.17. The molecule has 0 saturated heterocycles. The highest BCUT2D eigenvalue weighted by Crippen LogP contribution is 2.18. The van der Waals surface area contributed by atoms with Crippen LogP contribution in [0.3, 0.4) is 0 Å². The maximum atomic E-state index is 11.1. The Hall–Kier alpha value is -0.870. The zero-order valence-corrected chi connectivity index (χ0v) is 15.5. The lowest BCUT2D eigenvalue weighted by atomic mass is 10.0. The molecule has 4 heteroatoms. The highest BCUT2D eigenvalue weighted by atomic mass is 32.2. The Morgan fingerprint density at radius 2 is 1.39 bits per heavy atom. The maximum absolute atomic E-state index is 11.1. The Kier molecular flexibility index (Phi) is 9.49. The van der Waals surface area contributed by atoms with Gasteiger partial charge in [0.15, 0.2) is 0 Å². The third-order valence-electron chi connectivity index (χ3n) is 4.41. The van der Waals surface area contributed by atoms with Gasteiger partial charge >= 0.3 is 0 Å². The molecule has 0 radical (unpaired) electrons. The number of hydrogen-bond acceptors (Lipinski definition) is 2. The van der Waals surface area contributed by atoms with Crippen LogP contribution in [0.25, 0.3) is 0 Å². The molecule has 0 saturated carbocycles. The van der Waals surface area contributed by atoms with Gasteiger partial charge in [0.05, 0.1) is 4.90 Å². The van der Waals surface area contributed by atoms with Crippen LogP contribution < -0.4 is 0 Å². The van der Waals surface area contributed by atoms with E-state index in [0.717, 1.165) is 18.4 Å². The van der Waals surface area contributed by atoms with Crippen molar-refractivity contribution in [3.8, 4) is 0 Å². The van der Waals surface area contributed by atoms with Crippen LogP contribution in [0.15, 0.2) is 23.1 Å². The van der Waals surface area contributed by atoms with Crippen molar-refractivity contribution in [3.63, 3.8) is 0 Å². The summed E-state index contributed by atoms with van der Waals surface area (Å²) in [5.41, 5.74) is 2.12. The van der Waals surface area contributed by atoms with Crippen molar-refractivity contribution in [1.29, 1.82) is 0 Å². The van der Waals surface area contributed by atoms with E-state index in [-0.39, 0.29) is 4.90 Å². The quantitative estimate of drug-likeness (QED) is 0.392. The SMILES string of the molecule is CCCCCCCCCCCCc1ccc(S(=O)(=O)O)cc1C. The van der Waals surface area contributed by atoms with Crippen molar-refractivity contribution in [1.82, 2.24) is 0 Å². The van der Waals surface area contributed by atoms with E-state index in [0.29, 0.717) is 0 Å². The molecule has 1 aromatic carbocycles. The first-order valence-corrected chi connectivity index (χ1v) is 10.5. The fraction of sp³-hybridized carbons (Fsp3) is 0.684. The normalized spacial score (nSPS) is 11.8. The third kappa shape index (κ3) is 8.52. The van der Waals surface area contributed by atoms with Gasteiger partial charge in [-0.25, -0.2) is 0 Å². The van der Waals surface area contributed by atoms with Crippen LogP contribution in [0.5, 0.6) is 0 Å². The summed E-state index contributed by atoms with van der Waals surface area (Å²) in [6, 6.07) is 4.88. The summed E-state index contributed by atoms with van der Waals surface area (Å²) < 4.78 is 31.2. The molecule has 0 aliphatic heterocycles. The molecule has 1 rings (SSSR count). The van der Waals surface area contributed by atoms with E-state index in [1.165, 1.54) is 69.4 Å². The predicted molar refractivity (Wildman–Crippen MR) is 96.5 cm³/mol. The zero-order valence-electron chi connectivity index (χ0n) is 14.7. The summed E-state index contributed by atoms with van der Waals surface area (Å²) >= 11 is 0. The molecule has 0 aromatic heterocycles. The summed E-state index contributed by atoms with van der Waals surface area (Å²) in [4.78, 5) is -0.0122. The van der Waals surface area contributed by atoms with E-state index in [9.17, 15) is 8.42 Å². The fourth-order valence-corrected chi connectivity index (χ4v) is 3.48. The van der Waals surface area contributed by atoms with E-state index >= 15 is 0 Å². The van der Waals surface area contributed by atoms with Crippen LogP contribution in [0, 0.1) is 6.92 Å². The lowest BCUT2D eigenvalue weighted by Gasteiger charge is -2.07. The average Bonchev–Trinajstić information content (AvgIpc) is 2.49. The summed E-state index contributed by atoms with van der Waals surface area (Å²) in [6.07, 6.45) is 14.1. The molecule has 1 aromatic rings. The number of rotatable bonds is 12. The average molecular weight is 341 g/mol. The first kappa shape index (κ1) is 20.2. The van der Waals surface area contributed by atoms with Gasteiger partial charge in [0.1, 0.15) is 0 Å². The maximum Gasteiger partial charge on any atom is 0.294 e. The molecule has 0 atom stereocenters. The molecule has 0 aliphatic carbocycles. The molecule has 0 unspecified atom stereocenters. The molecule has 1 N–H and O–H groups in total. The van der Waals surface area contributed by atoms with Gasteiger partial charge in [-0.15, -0.1) is 0 Å². The second-order valence-corrected chi connectivity index (χ2v) is 7.92. The summed E-state index contributed by atoms with van der Waals surface area (Å²) in [6.45, 7) is 4.15. The molecule has 23 heavy (non-hydrogen) atoms. The minimum absolute atomic E-state index is 0.0122. The molecule has 0 bridgehead atoms. The van der Waals surface area contributed by atoms with Gasteiger partial charge in [0, 0.05) is 0 Å². The second-order valence-electron chi connectivity index (χ2n) is 6.50. The van der Waals surface area contributed by atoms with Gasteiger partial charge in [-0.05, 0) is 43.0 Å². The highest BCUT2D eigenvalue weighted by Gasteiger charge is 2.10. The van der Waals surface area contributed by atoms with Crippen LogP contribution >= 0.6 is 0 Å². The number of hydrogen-bond donors (Lipinski definition) is 1. The van der Waals surface area contributed by atoms with Gasteiger partial charge in [-0.2, -0.15) is 8.42 Å². The standard InChI is InChI=1S/C19H32O3S/c1-3-4-5-6-7-8-9-10-11-12-13-18-14-15-19(16-17(18)2)23(20,21)22/h14-16H,3-13H2,1-2H3,(H,20,21,22). The largest absolute Gasteiger partial charge is 0.294 e. The lowest BCUT2D eigenvalue weighted by molar-refractivity contribution is 0.483. The highest BCUT2D eigenvalue weighted by molar-refractivity contribution is 7.85. The van der Waals surface area contributed by atoms with Crippen molar-refractivity contribution in [3.05, 3.63) is 29.3 Å². The smallest absolute Gasteiger partial charge is 0.282 e. The van der Waals surface area contributed by atoms with Gasteiger partial charge in [-0.3, -0.25) is 4.55 Å². The van der Waals surface area contributed by atoms with Crippen molar-refractivity contribution in [2.24, 2.45) is 0 Å². The molecule has 0 aliphatic rings. The van der Waals surface area contributed by atoms with E-state index in [2.05, 4.69) is 6.92 Å². The van der Waals surface area contributed by atoms with Crippen LogP contribution in [0.2, 0.25) is 0 Å². The number of aryl methyl sites for hydroxylation is 2. The van der Waals surface area contributed by atoms with Crippen LogP contribution in [-0.4, -0.2) is 13.0 Å². The molecular weight excluding hydrogens is 308 g/mol. The Labute approximate surface area is 142 Å². The van der Waals surface area contributed by atoms with Crippen LogP contribution in [-0.2, 0) is 16.5 Å². The van der Waals surface area contributed by atoms with Crippen molar-refractivity contribution < 1.29 is 13.0 Å². The van der Waals surface area contributed by atoms with E-state index in [1.807, 2.05) is 13.0 Å². The van der Waals surface area contributed by atoms with E-state index in [4.69, 9.17) is 4.55 Å². The molecule has 0 spiro atoms. The first-order chi connectivity index (χ1) is 10.9. The van der Waals surface area contributed by atoms with Gasteiger partial charge in [0.25, 0.3) is 10.1 Å². The summed E-state index contributed by atoms with van der Waals surface area (Å²) in [5.74, 6) is 0. The van der Waals surface area contributed by atoms with Crippen LogP contribution in [0.1, 0.15) is 82.3 Å². The fourth-order valence-electron chi connectivity index (χ4n) is 2.91. The number of benzene rings is 1. The number of unbranched alkanes of at least 4 members (excludes halogenated alkanes) is 9. The Morgan fingerprint density at radius 1 is 0.870 bits per heavy atom. The van der Waals surface area contributed by atoms with E-state index < -0.39 is 10.1 Å². The zero-order chi connectivity index (χ0) is 17.1. The summed E-state index contributed by atoms with van der Waals surface area (Å²) in [7, 11) is -4.09. The van der Waals surface area contributed by atoms with Gasteiger partial charge < -0.3 is 0 Å². The Bertz CT molecular complexity index is 550. The van der Waals surface area contributed by atoms with Crippen LogP contribution in [0.4, 0.5) is 0 Å². The monoisotopic (exact) mass is 340 g/mol. The first-order valence-electron chi connectivity index (χ1n) is 9.02. The van der Waals surface area contributed by atoms with Gasteiger partial charge in [-0.1, -0.05) is 70.8 Å². The van der Waals surface area contributed by atoms with Crippen molar-refractivity contribution in [2.75, 3.05) is 0 Å². The topological polar surface area (TPSA) is 54.4 Å². The molecule has 0 fully saturated rings. The predicted octanol–water partition coefficient (Wildman–Crippen LogP) is 5.71. The van der Waals surface area contributed by atoms with Gasteiger partial charge in [0.2, 0.25) is 0 Å².